The Morgan fingerprint density at radius 2 is 1.39 bits per heavy atom. The Morgan fingerprint density at radius 3 is 1.90 bits per heavy atom. The van der Waals surface area contributed by atoms with Crippen LogP contribution in [0.1, 0.15) is 11.1 Å². The minimum atomic E-state index is -0.574. The van der Waals surface area contributed by atoms with Gasteiger partial charge in [-0.15, -0.1) is 0 Å². The number of anilines is 2. The Hall–Kier alpha value is -5.35. The van der Waals surface area contributed by atoms with Crippen molar-refractivity contribution in [2.24, 2.45) is 0 Å². The largest absolute Gasteiger partial charge is 0.497 e. The van der Waals surface area contributed by atoms with Gasteiger partial charge in [0.2, 0.25) is 0 Å². The van der Waals surface area contributed by atoms with Gasteiger partial charge in [-0.3, -0.25) is 29.5 Å². The van der Waals surface area contributed by atoms with Gasteiger partial charge in [-0.2, -0.15) is 0 Å². The van der Waals surface area contributed by atoms with Crippen LogP contribution in [0.3, 0.4) is 0 Å². The van der Waals surface area contributed by atoms with E-state index >= 15 is 0 Å². The van der Waals surface area contributed by atoms with Crippen molar-refractivity contribution >= 4 is 52.3 Å². The van der Waals surface area contributed by atoms with Crippen molar-refractivity contribution in [3.63, 3.8) is 0 Å². The van der Waals surface area contributed by atoms with Crippen LogP contribution in [-0.2, 0) is 16.2 Å². The first-order valence-electron chi connectivity index (χ1n) is 12.5. The van der Waals surface area contributed by atoms with E-state index in [-0.39, 0.29) is 23.0 Å². The van der Waals surface area contributed by atoms with Crippen LogP contribution in [-0.4, -0.2) is 29.0 Å². The third-order valence-electron chi connectivity index (χ3n) is 6.34. The monoisotopic (exact) mass is 565 g/mol. The van der Waals surface area contributed by atoms with Gasteiger partial charge in [0.25, 0.3) is 17.5 Å². The number of benzene rings is 4. The summed E-state index contributed by atoms with van der Waals surface area (Å²) in [4.78, 5) is 40.8. The van der Waals surface area contributed by atoms with E-state index in [9.17, 15) is 19.7 Å². The molecule has 9 nitrogen and oxygen atoms in total. The number of nitrogens with zero attached hydrogens (tertiary/aromatic N) is 3. The molecule has 4 aromatic rings. The normalized spacial score (nSPS) is 13.3. The molecular weight excluding hydrogens is 542 g/mol. The number of carbonyl (C=O) groups excluding carboxylic acids is 2. The lowest BCUT2D eigenvalue weighted by atomic mass is 10.0. The number of hydrogen-bond donors (Lipinski definition) is 0. The maximum Gasteiger partial charge on any atom is 0.270 e. The second-order valence-electron chi connectivity index (χ2n) is 8.91. The molecule has 1 aliphatic rings. The van der Waals surface area contributed by atoms with Crippen LogP contribution in [0, 0.1) is 10.1 Å². The number of amides is 2. The Bertz CT molecular complexity index is 1590. The van der Waals surface area contributed by atoms with E-state index in [0.717, 1.165) is 0 Å². The van der Waals surface area contributed by atoms with Crippen LogP contribution in [0.2, 0.25) is 0 Å². The van der Waals surface area contributed by atoms with Crippen molar-refractivity contribution in [1.82, 2.24) is 0 Å². The van der Waals surface area contributed by atoms with E-state index < -0.39 is 16.7 Å². The molecule has 0 atom stereocenters. The summed E-state index contributed by atoms with van der Waals surface area (Å²) in [5.74, 6) is -0.294. The minimum absolute atomic E-state index is 0.0290. The van der Waals surface area contributed by atoms with E-state index in [1.54, 1.807) is 78.9 Å². The number of thiocarbonyl (C=S) groups is 1. The van der Waals surface area contributed by atoms with E-state index in [4.69, 9.17) is 21.7 Å². The predicted molar refractivity (Wildman–Crippen MR) is 159 cm³/mol. The molecule has 0 radical (unpaired) electrons. The molecular formula is C31H23N3O6S. The molecule has 1 aliphatic heterocycles. The molecule has 1 heterocycles. The first-order chi connectivity index (χ1) is 19.9. The lowest BCUT2D eigenvalue weighted by Gasteiger charge is -2.36. The smallest absolute Gasteiger partial charge is 0.270 e. The number of non-ortho nitro benzene ring substituents is 1. The molecule has 0 unspecified atom stereocenters. The average molecular weight is 566 g/mol. The predicted octanol–water partition coefficient (Wildman–Crippen LogP) is 5.93. The van der Waals surface area contributed by atoms with Gasteiger partial charge in [-0.25, -0.2) is 0 Å². The fourth-order valence-corrected chi connectivity index (χ4v) is 4.63. The van der Waals surface area contributed by atoms with Gasteiger partial charge in [-0.05, 0) is 72.4 Å². The summed E-state index contributed by atoms with van der Waals surface area (Å²) in [6.07, 6.45) is 1.48. The Kier molecular flexibility index (Phi) is 7.84. The lowest BCUT2D eigenvalue weighted by Crippen LogP contribution is -2.56. The van der Waals surface area contributed by atoms with Crippen molar-refractivity contribution in [3.05, 3.63) is 130 Å². The first-order valence-corrected chi connectivity index (χ1v) is 12.9. The van der Waals surface area contributed by atoms with Gasteiger partial charge in [-0.1, -0.05) is 36.4 Å². The van der Waals surface area contributed by atoms with Crippen LogP contribution in [0.5, 0.6) is 11.5 Å². The zero-order valence-corrected chi connectivity index (χ0v) is 22.6. The van der Waals surface area contributed by atoms with Gasteiger partial charge in [0.1, 0.15) is 23.7 Å². The van der Waals surface area contributed by atoms with Crippen molar-refractivity contribution in [2.75, 3.05) is 16.9 Å². The molecule has 1 fully saturated rings. The van der Waals surface area contributed by atoms with Gasteiger partial charge in [0.15, 0.2) is 5.11 Å². The number of nitro groups is 1. The molecule has 0 spiro atoms. The maximum absolute atomic E-state index is 13.8. The summed E-state index contributed by atoms with van der Waals surface area (Å²) in [5.41, 5.74) is 2.05. The first kappa shape index (κ1) is 27.2. The molecule has 5 rings (SSSR count). The van der Waals surface area contributed by atoms with Gasteiger partial charge in [0.05, 0.1) is 23.4 Å². The zero-order chi connectivity index (χ0) is 28.9. The van der Waals surface area contributed by atoms with Crippen molar-refractivity contribution in [1.29, 1.82) is 0 Å². The molecule has 0 aromatic heterocycles. The molecule has 4 aromatic carbocycles. The Balaban J connectivity index is 1.55. The summed E-state index contributed by atoms with van der Waals surface area (Å²) in [7, 11) is 1.51. The number of rotatable bonds is 8. The van der Waals surface area contributed by atoms with Crippen molar-refractivity contribution in [3.8, 4) is 11.5 Å². The van der Waals surface area contributed by atoms with Crippen LogP contribution in [0.25, 0.3) is 6.08 Å². The molecule has 0 bridgehead atoms. The standard InChI is InChI=1S/C31H23N3O6S/c1-39-26-17-14-22(28(19-26)40-20-21-12-15-25(16-13-21)34(37)38)18-27-29(35)32(23-8-4-2-5-9-23)31(41)33(30(27)36)24-10-6-3-7-11-24/h2-19H,20H2,1H3. The molecule has 0 N–H and O–H groups in total. The average Bonchev–Trinajstić information content (AvgIpc) is 3.00. The summed E-state index contributed by atoms with van der Waals surface area (Å²) < 4.78 is 11.4. The fourth-order valence-electron chi connectivity index (χ4n) is 4.26. The van der Waals surface area contributed by atoms with Crippen LogP contribution in [0.4, 0.5) is 17.1 Å². The third-order valence-corrected chi connectivity index (χ3v) is 6.71. The van der Waals surface area contributed by atoms with Crippen LogP contribution < -0.4 is 19.3 Å². The fraction of sp³-hybridized carbons (Fsp3) is 0.0645. The number of para-hydroxylation sites is 2. The van der Waals surface area contributed by atoms with Crippen LogP contribution >= 0.6 is 12.2 Å². The van der Waals surface area contributed by atoms with E-state index in [2.05, 4.69) is 0 Å². The van der Waals surface area contributed by atoms with Crippen molar-refractivity contribution < 1.29 is 24.0 Å². The molecule has 10 heteroatoms. The quantitative estimate of drug-likeness (QED) is 0.0858. The van der Waals surface area contributed by atoms with E-state index in [1.807, 2.05) is 12.1 Å². The third kappa shape index (κ3) is 5.68. The molecule has 1 saturated heterocycles. The number of nitro benzene ring substituents is 1. The number of methoxy groups -OCH3 is 1. The summed E-state index contributed by atoms with van der Waals surface area (Å²) >= 11 is 5.66. The van der Waals surface area contributed by atoms with Crippen molar-refractivity contribution in [2.45, 2.75) is 6.61 Å². The number of hydrogen-bond acceptors (Lipinski definition) is 7. The second-order valence-corrected chi connectivity index (χ2v) is 9.27. The summed E-state index contributed by atoms with van der Waals surface area (Å²) in [6, 6.07) is 28.8. The Morgan fingerprint density at radius 1 is 0.829 bits per heavy atom. The highest BCUT2D eigenvalue weighted by atomic mass is 32.1. The highest BCUT2D eigenvalue weighted by Gasteiger charge is 2.41. The summed E-state index contributed by atoms with van der Waals surface area (Å²) in [5, 5.41) is 11.0. The molecule has 41 heavy (non-hydrogen) atoms. The molecule has 0 aliphatic carbocycles. The highest BCUT2D eigenvalue weighted by Crippen LogP contribution is 2.33. The SMILES string of the molecule is COc1ccc(C=C2C(=O)N(c3ccccc3)C(=S)N(c3ccccc3)C2=O)c(OCc2ccc([N+](=O)[O-])cc2)c1. The van der Waals surface area contributed by atoms with E-state index in [0.29, 0.717) is 34.0 Å². The minimum Gasteiger partial charge on any atom is -0.497 e. The molecule has 0 saturated carbocycles. The van der Waals surface area contributed by atoms with E-state index in [1.165, 1.54) is 35.1 Å². The molecule has 204 valence electrons. The zero-order valence-electron chi connectivity index (χ0n) is 21.8. The summed E-state index contributed by atoms with van der Waals surface area (Å²) in [6.45, 7) is 0.0829. The second kappa shape index (κ2) is 11.8. The number of ether oxygens (including phenoxy) is 2. The van der Waals surface area contributed by atoms with Gasteiger partial charge < -0.3 is 9.47 Å². The lowest BCUT2D eigenvalue weighted by molar-refractivity contribution is -0.384. The highest BCUT2D eigenvalue weighted by molar-refractivity contribution is 7.81. The maximum atomic E-state index is 13.8. The topological polar surface area (TPSA) is 102 Å². The van der Waals surface area contributed by atoms with Crippen LogP contribution in [0.15, 0.2) is 109 Å². The Labute approximate surface area is 241 Å². The number of carbonyl (C=O) groups is 2. The van der Waals surface area contributed by atoms with Gasteiger partial charge in [0, 0.05) is 23.8 Å². The van der Waals surface area contributed by atoms with Gasteiger partial charge >= 0.3 is 0 Å². The molecule has 2 amide bonds.